The number of para-hydroxylation sites is 1. The minimum Gasteiger partial charge on any atom is -0.490 e. The molecule has 2 heterocycles. The highest BCUT2D eigenvalue weighted by Crippen LogP contribution is 2.29. The summed E-state index contributed by atoms with van der Waals surface area (Å²) in [5.74, 6) is -0.373. The van der Waals surface area contributed by atoms with Crippen molar-refractivity contribution in [1.82, 2.24) is 18.8 Å². The highest BCUT2D eigenvalue weighted by molar-refractivity contribution is 7.89. The van der Waals surface area contributed by atoms with Gasteiger partial charge in [0.15, 0.2) is 5.03 Å². The molecule has 13 nitrogen and oxygen atoms in total. The van der Waals surface area contributed by atoms with Crippen molar-refractivity contribution in [3.63, 3.8) is 0 Å². The molecule has 256 valence electrons. The van der Waals surface area contributed by atoms with Gasteiger partial charge in [0.05, 0.1) is 36.7 Å². The first-order valence-electron chi connectivity index (χ1n) is 15.8. The molecular formula is C33H46N6O7S. The lowest BCUT2D eigenvalue weighted by atomic mass is 10.0. The second-order valence-electron chi connectivity index (χ2n) is 12.1. The number of ether oxygens (including phenoxy) is 2. The van der Waals surface area contributed by atoms with E-state index in [4.69, 9.17) is 9.47 Å². The van der Waals surface area contributed by atoms with Gasteiger partial charge in [-0.05, 0) is 63.4 Å². The number of fused-ring (bicyclic) bond motifs is 1. The summed E-state index contributed by atoms with van der Waals surface area (Å²) in [6.45, 7) is 5.85. The van der Waals surface area contributed by atoms with Crippen molar-refractivity contribution in [3.8, 4) is 5.75 Å². The van der Waals surface area contributed by atoms with E-state index in [2.05, 4.69) is 15.6 Å². The standard InChI is InChI=1S/C33H46N6O7S/c1-23-18-39(24(2)21-40)32(41)28-17-27(36-33(42)35-26-12-7-6-8-13-26)14-15-29(28)46-25(3)11-9-10-16-45-30(23)19-38(5)47(43,44)31-20-37(4)22-34-31/h6-8,12-15,17,20,22-25,30,40H,9-11,16,18-19,21H2,1-5H3,(H2,35,36,42)/t23-,24-,25+,30-/m1/s1. The minimum atomic E-state index is -3.88. The normalized spacial score (nSPS) is 20.5. The molecule has 14 heteroatoms. The van der Waals surface area contributed by atoms with E-state index < -0.39 is 34.1 Å². The van der Waals surface area contributed by atoms with Crippen molar-refractivity contribution >= 4 is 33.3 Å². The van der Waals surface area contributed by atoms with Gasteiger partial charge in [-0.25, -0.2) is 18.2 Å². The minimum absolute atomic E-state index is 0.0380. The van der Waals surface area contributed by atoms with Gasteiger partial charge in [0.1, 0.15) is 5.75 Å². The van der Waals surface area contributed by atoms with E-state index >= 15 is 0 Å². The molecular weight excluding hydrogens is 624 g/mol. The number of aryl methyl sites for hydroxylation is 1. The summed E-state index contributed by atoms with van der Waals surface area (Å²) in [6.07, 6.45) is 4.31. The number of carbonyl (C=O) groups is 2. The number of amides is 3. The summed E-state index contributed by atoms with van der Waals surface area (Å²) >= 11 is 0. The highest BCUT2D eigenvalue weighted by atomic mass is 32.2. The average Bonchev–Trinajstić information content (AvgIpc) is 3.49. The van der Waals surface area contributed by atoms with E-state index in [0.717, 1.165) is 12.8 Å². The first-order chi connectivity index (χ1) is 22.4. The molecule has 4 atom stereocenters. The number of aromatic nitrogens is 2. The van der Waals surface area contributed by atoms with Crippen LogP contribution in [0.3, 0.4) is 0 Å². The van der Waals surface area contributed by atoms with Crippen molar-refractivity contribution in [2.75, 3.05) is 44.0 Å². The number of anilines is 2. The third-order valence-electron chi connectivity index (χ3n) is 8.13. The number of aliphatic hydroxyl groups excluding tert-OH is 1. The summed E-state index contributed by atoms with van der Waals surface area (Å²) in [7, 11) is -0.696. The molecule has 1 aliphatic rings. The van der Waals surface area contributed by atoms with Crippen LogP contribution < -0.4 is 15.4 Å². The summed E-state index contributed by atoms with van der Waals surface area (Å²) in [4.78, 5) is 32.6. The molecule has 3 N–H and O–H groups in total. The fourth-order valence-electron chi connectivity index (χ4n) is 5.31. The zero-order valence-corrected chi connectivity index (χ0v) is 28.4. The van der Waals surface area contributed by atoms with E-state index in [1.165, 1.54) is 23.9 Å². The SMILES string of the molecule is C[C@@H]1CN([C@H](C)CO)C(=O)c2cc(NC(=O)Nc3ccccc3)ccc2O[C@@H](C)CCCCO[C@@H]1CN(C)S(=O)(=O)c1cn(C)cn1. The molecule has 3 amide bonds. The van der Waals surface area contributed by atoms with Crippen LogP contribution in [0.5, 0.6) is 5.75 Å². The number of benzene rings is 2. The van der Waals surface area contributed by atoms with E-state index in [-0.39, 0.29) is 42.3 Å². The summed E-state index contributed by atoms with van der Waals surface area (Å²) in [5, 5.41) is 15.7. The molecule has 3 aromatic rings. The highest BCUT2D eigenvalue weighted by Gasteiger charge is 2.33. The molecule has 1 aromatic heterocycles. The fraction of sp³-hybridized carbons (Fsp3) is 0.485. The monoisotopic (exact) mass is 670 g/mol. The first kappa shape index (κ1) is 35.9. The van der Waals surface area contributed by atoms with E-state index in [1.807, 2.05) is 32.0 Å². The van der Waals surface area contributed by atoms with Gasteiger partial charge in [-0.1, -0.05) is 25.1 Å². The zero-order valence-electron chi connectivity index (χ0n) is 27.6. The lowest BCUT2D eigenvalue weighted by molar-refractivity contribution is -0.00835. The number of imidazole rings is 1. The molecule has 2 aromatic carbocycles. The predicted molar refractivity (Wildman–Crippen MR) is 179 cm³/mol. The average molecular weight is 671 g/mol. The Hall–Kier alpha value is -3.98. The molecule has 0 saturated heterocycles. The Labute approximate surface area is 276 Å². The number of nitrogens with one attached hydrogen (secondary N) is 2. The fourth-order valence-corrected chi connectivity index (χ4v) is 6.45. The molecule has 0 bridgehead atoms. The molecule has 0 unspecified atom stereocenters. The largest absolute Gasteiger partial charge is 0.490 e. The van der Waals surface area contributed by atoms with Crippen LogP contribution in [0.15, 0.2) is 66.1 Å². The number of sulfonamides is 1. The van der Waals surface area contributed by atoms with Crippen molar-refractivity contribution in [2.24, 2.45) is 13.0 Å². The van der Waals surface area contributed by atoms with Gasteiger partial charge in [-0.15, -0.1) is 0 Å². The quantitative estimate of drug-likeness (QED) is 0.323. The number of aliphatic hydroxyl groups is 1. The van der Waals surface area contributed by atoms with Crippen LogP contribution in [0.4, 0.5) is 16.2 Å². The Morgan fingerprint density at radius 3 is 2.53 bits per heavy atom. The molecule has 0 spiro atoms. The lowest BCUT2D eigenvalue weighted by Gasteiger charge is -2.35. The van der Waals surface area contributed by atoms with Crippen molar-refractivity contribution in [1.29, 1.82) is 0 Å². The smallest absolute Gasteiger partial charge is 0.323 e. The van der Waals surface area contributed by atoms with Gasteiger partial charge < -0.3 is 34.7 Å². The lowest BCUT2D eigenvalue weighted by Crippen LogP contribution is -2.48. The van der Waals surface area contributed by atoms with Crippen LogP contribution in [0.2, 0.25) is 0 Å². The van der Waals surface area contributed by atoms with Crippen molar-refractivity contribution < 1.29 is 32.6 Å². The van der Waals surface area contributed by atoms with Gasteiger partial charge in [-0.2, -0.15) is 4.31 Å². The Bertz CT molecular complexity index is 1600. The molecule has 0 saturated carbocycles. The topological polar surface area (TPSA) is 155 Å². The number of nitrogens with zero attached hydrogens (tertiary/aromatic N) is 4. The summed E-state index contributed by atoms with van der Waals surface area (Å²) in [5.41, 5.74) is 1.23. The summed E-state index contributed by atoms with van der Waals surface area (Å²) < 4.78 is 41.9. The maximum absolute atomic E-state index is 14.3. The van der Waals surface area contributed by atoms with Crippen LogP contribution in [0.1, 0.15) is 50.4 Å². The van der Waals surface area contributed by atoms with Crippen LogP contribution in [0, 0.1) is 5.92 Å². The number of carbonyl (C=O) groups excluding carboxylic acids is 2. The first-order valence-corrected chi connectivity index (χ1v) is 17.2. The van der Waals surface area contributed by atoms with E-state index in [9.17, 15) is 23.1 Å². The Balaban J connectivity index is 1.62. The summed E-state index contributed by atoms with van der Waals surface area (Å²) in [6, 6.07) is 12.9. The zero-order chi connectivity index (χ0) is 34.1. The number of hydrogen-bond acceptors (Lipinski definition) is 8. The maximum atomic E-state index is 14.3. The van der Waals surface area contributed by atoms with Gasteiger partial charge in [0.25, 0.3) is 15.9 Å². The predicted octanol–water partition coefficient (Wildman–Crippen LogP) is 4.18. The molecule has 0 fully saturated rings. The second kappa shape index (κ2) is 16.2. The third kappa shape index (κ3) is 9.53. The van der Waals surface area contributed by atoms with E-state index in [0.29, 0.717) is 30.2 Å². The second-order valence-corrected chi connectivity index (χ2v) is 14.1. The third-order valence-corrected chi connectivity index (χ3v) is 9.84. The maximum Gasteiger partial charge on any atom is 0.323 e. The van der Waals surface area contributed by atoms with Crippen LogP contribution in [0.25, 0.3) is 0 Å². The van der Waals surface area contributed by atoms with Crippen molar-refractivity contribution in [3.05, 3.63) is 66.6 Å². The molecule has 0 aliphatic carbocycles. The number of rotatable bonds is 8. The Morgan fingerprint density at radius 1 is 1.13 bits per heavy atom. The molecule has 47 heavy (non-hydrogen) atoms. The number of likely N-dealkylation sites (N-methyl/N-ethyl adjacent to an activating group) is 1. The van der Waals surface area contributed by atoms with Crippen LogP contribution in [-0.2, 0) is 21.8 Å². The van der Waals surface area contributed by atoms with Gasteiger partial charge in [-0.3, -0.25) is 4.79 Å². The van der Waals surface area contributed by atoms with Gasteiger partial charge in [0, 0.05) is 57.3 Å². The van der Waals surface area contributed by atoms with Gasteiger partial charge >= 0.3 is 6.03 Å². The van der Waals surface area contributed by atoms with E-state index in [1.54, 1.807) is 53.8 Å². The Morgan fingerprint density at radius 2 is 1.85 bits per heavy atom. The molecule has 1 aliphatic heterocycles. The molecule has 4 rings (SSSR count). The number of urea groups is 1. The number of hydrogen-bond donors (Lipinski definition) is 3. The van der Waals surface area contributed by atoms with Crippen LogP contribution >= 0.6 is 0 Å². The molecule has 0 radical (unpaired) electrons. The Kier molecular flexibility index (Phi) is 12.4. The van der Waals surface area contributed by atoms with Gasteiger partial charge in [0.2, 0.25) is 0 Å². The van der Waals surface area contributed by atoms with Crippen molar-refractivity contribution in [2.45, 2.75) is 63.3 Å². The van der Waals surface area contributed by atoms with Crippen LogP contribution in [-0.4, -0.2) is 95.8 Å².